The van der Waals surface area contributed by atoms with Gasteiger partial charge in [-0.25, -0.2) is 0 Å². The maximum atomic E-state index is 12.1. The van der Waals surface area contributed by atoms with Crippen LogP contribution in [0.25, 0.3) is 0 Å². The number of piperazine rings is 1. The number of amides is 2. The molecule has 1 aromatic rings. The van der Waals surface area contributed by atoms with Crippen molar-refractivity contribution in [2.45, 2.75) is 13.0 Å². The Morgan fingerprint density at radius 2 is 1.86 bits per heavy atom. The van der Waals surface area contributed by atoms with E-state index in [-0.39, 0.29) is 24.9 Å². The van der Waals surface area contributed by atoms with Crippen LogP contribution in [0.2, 0.25) is 0 Å². The number of hydrogen-bond acceptors (Lipinski definition) is 4. The number of benzene rings is 1. The van der Waals surface area contributed by atoms with Crippen molar-refractivity contribution in [3.05, 3.63) is 29.8 Å². The number of rotatable bonds is 6. The standard InChI is InChI=1S/C15H19ClN2O3/c1-21-13-6-3-2-5-12(13)9-17-10-14(19)18(8-4-7-16)15(20)11-17/h2-3,5-6H,4,7-11H2,1H3. The normalized spacial score (nSPS) is 16.4. The molecule has 21 heavy (non-hydrogen) atoms. The molecule has 1 aliphatic heterocycles. The van der Waals surface area contributed by atoms with Crippen molar-refractivity contribution >= 4 is 23.4 Å². The third kappa shape index (κ3) is 3.95. The van der Waals surface area contributed by atoms with Gasteiger partial charge in [-0.3, -0.25) is 19.4 Å². The largest absolute Gasteiger partial charge is 0.496 e. The molecule has 0 saturated carbocycles. The molecule has 0 N–H and O–H groups in total. The first-order chi connectivity index (χ1) is 10.2. The van der Waals surface area contributed by atoms with E-state index in [9.17, 15) is 9.59 Å². The molecule has 1 aromatic carbocycles. The highest BCUT2D eigenvalue weighted by Gasteiger charge is 2.30. The Bertz CT molecular complexity index is 503. The third-order valence-electron chi connectivity index (χ3n) is 3.42. The van der Waals surface area contributed by atoms with E-state index in [2.05, 4.69) is 0 Å². The van der Waals surface area contributed by atoms with Gasteiger partial charge in [0.2, 0.25) is 11.8 Å². The molecule has 0 aliphatic carbocycles. The van der Waals surface area contributed by atoms with E-state index in [0.29, 0.717) is 25.4 Å². The number of hydrogen-bond donors (Lipinski definition) is 0. The van der Waals surface area contributed by atoms with Crippen LogP contribution >= 0.6 is 11.6 Å². The zero-order valence-electron chi connectivity index (χ0n) is 12.0. The first kappa shape index (κ1) is 15.8. The Morgan fingerprint density at radius 1 is 1.19 bits per heavy atom. The lowest BCUT2D eigenvalue weighted by molar-refractivity contribution is -0.151. The summed E-state index contributed by atoms with van der Waals surface area (Å²) in [6.07, 6.45) is 0.630. The smallest absolute Gasteiger partial charge is 0.243 e. The van der Waals surface area contributed by atoms with Crippen molar-refractivity contribution in [1.29, 1.82) is 0 Å². The lowest BCUT2D eigenvalue weighted by atomic mass is 10.1. The van der Waals surface area contributed by atoms with Gasteiger partial charge in [0.15, 0.2) is 0 Å². The average Bonchev–Trinajstić information content (AvgIpc) is 2.47. The van der Waals surface area contributed by atoms with Crippen LogP contribution in [0.1, 0.15) is 12.0 Å². The number of imide groups is 1. The molecule has 0 spiro atoms. The molecule has 5 nitrogen and oxygen atoms in total. The SMILES string of the molecule is COc1ccccc1CN1CC(=O)N(CCCCl)C(=O)C1. The fourth-order valence-corrected chi connectivity index (χ4v) is 2.52. The predicted octanol–water partition coefficient (Wildman–Crippen LogP) is 1.49. The van der Waals surface area contributed by atoms with Gasteiger partial charge in [-0.2, -0.15) is 0 Å². The zero-order chi connectivity index (χ0) is 15.2. The molecule has 0 radical (unpaired) electrons. The van der Waals surface area contributed by atoms with Crippen molar-refractivity contribution in [2.75, 3.05) is 32.6 Å². The first-order valence-corrected chi connectivity index (χ1v) is 7.42. The summed E-state index contributed by atoms with van der Waals surface area (Å²) in [7, 11) is 1.61. The highest BCUT2D eigenvalue weighted by atomic mass is 35.5. The van der Waals surface area contributed by atoms with Gasteiger partial charge in [0.05, 0.1) is 20.2 Å². The molecule has 1 heterocycles. The molecule has 0 atom stereocenters. The topological polar surface area (TPSA) is 49.9 Å². The molecule has 1 fully saturated rings. The molecule has 0 aromatic heterocycles. The van der Waals surface area contributed by atoms with Gasteiger partial charge >= 0.3 is 0 Å². The van der Waals surface area contributed by atoms with Crippen LogP contribution in [0.3, 0.4) is 0 Å². The molecule has 1 saturated heterocycles. The second-order valence-corrected chi connectivity index (χ2v) is 5.32. The Labute approximate surface area is 129 Å². The van der Waals surface area contributed by atoms with Gasteiger partial charge < -0.3 is 4.74 Å². The van der Waals surface area contributed by atoms with Crippen LogP contribution < -0.4 is 4.74 Å². The van der Waals surface area contributed by atoms with E-state index >= 15 is 0 Å². The van der Waals surface area contributed by atoms with E-state index in [4.69, 9.17) is 16.3 Å². The Kier molecular flexibility index (Phi) is 5.59. The van der Waals surface area contributed by atoms with Gasteiger partial charge in [0.25, 0.3) is 0 Å². The lowest BCUT2D eigenvalue weighted by Crippen LogP contribution is -2.53. The fraction of sp³-hybridized carbons (Fsp3) is 0.467. The molecular formula is C15H19ClN2O3. The number of nitrogens with zero attached hydrogens (tertiary/aromatic N) is 2. The molecule has 0 unspecified atom stereocenters. The summed E-state index contributed by atoms with van der Waals surface area (Å²) in [5.41, 5.74) is 0.967. The Balaban J connectivity index is 2.01. The Morgan fingerprint density at radius 3 is 2.48 bits per heavy atom. The molecule has 1 aliphatic rings. The van der Waals surface area contributed by atoms with Gasteiger partial charge in [0.1, 0.15) is 5.75 Å². The van der Waals surface area contributed by atoms with E-state index in [0.717, 1.165) is 11.3 Å². The summed E-state index contributed by atoms with van der Waals surface area (Å²) in [5.74, 6) is 0.890. The minimum Gasteiger partial charge on any atom is -0.496 e. The maximum Gasteiger partial charge on any atom is 0.243 e. The van der Waals surface area contributed by atoms with E-state index in [1.165, 1.54) is 4.90 Å². The molecule has 6 heteroatoms. The van der Waals surface area contributed by atoms with Crippen LogP contribution in [0, 0.1) is 0 Å². The fourth-order valence-electron chi connectivity index (χ4n) is 2.40. The molecular weight excluding hydrogens is 292 g/mol. The van der Waals surface area contributed by atoms with E-state index < -0.39 is 0 Å². The number of para-hydroxylation sites is 1. The maximum absolute atomic E-state index is 12.1. The summed E-state index contributed by atoms with van der Waals surface area (Å²) < 4.78 is 5.29. The van der Waals surface area contributed by atoms with Gasteiger partial charge in [-0.15, -0.1) is 11.6 Å². The number of alkyl halides is 1. The van der Waals surface area contributed by atoms with E-state index in [1.807, 2.05) is 29.2 Å². The van der Waals surface area contributed by atoms with Crippen molar-refractivity contribution in [3.8, 4) is 5.75 Å². The van der Waals surface area contributed by atoms with Crippen molar-refractivity contribution in [2.24, 2.45) is 0 Å². The molecule has 2 amide bonds. The van der Waals surface area contributed by atoms with Crippen LogP contribution in [0.4, 0.5) is 0 Å². The van der Waals surface area contributed by atoms with Gasteiger partial charge in [-0.05, 0) is 12.5 Å². The second-order valence-electron chi connectivity index (χ2n) is 4.94. The minimum absolute atomic E-state index is 0.161. The van der Waals surface area contributed by atoms with Crippen LogP contribution in [0.15, 0.2) is 24.3 Å². The van der Waals surface area contributed by atoms with Gasteiger partial charge in [0, 0.05) is 24.5 Å². The average molecular weight is 311 g/mol. The highest BCUT2D eigenvalue weighted by Crippen LogP contribution is 2.20. The highest BCUT2D eigenvalue weighted by molar-refractivity contribution is 6.17. The van der Waals surface area contributed by atoms with Crippen LogP contribution in [-0.4, -0.2) is 54.2 Å². The predicted molar refractivity (Wildman–Crippen MR) is 80.3 cm³/mol. The first-order valence-electron chi connectivity index (χ1n) is 6.89. The molecule has 2 rings (SSSR count). The van der Waals surface area contributed by atoms with Crippen molar-refractivity contribution in [3.63, 3.8) is 0 Å². The zero-order valence-corrected chi connectivity index (χ0v) is 12.8. The number of ether oxygens (including phenoxy) is 1. The summed E-state index contributed by atoms with van der Waals surface area (Å²) >= 11 is 5.61. The lowest BCUT2D eigenvalue weighted by Gasteiger charge is -2.32. The van der Waals surface area contributed by atoms with E-state index in [1.54, 1.807) is 7.11 Å². The number of methoxy groups -OCH3 is 1. The quantitative estimate of drug-likeness (QED) is 0.590. The summed E-state index contributed by atoms with van der Waals surface area (Å²) in [6, 6.07) is 7.62. The van der Waals surface area contributed by atoms with Crippen LogP contribution in [-0.2, 0) is 16.1 Å². The van der Waals surface area contributed by atoms with Crippen molar-refractivity contribution < 1.29 is 14.3 Å². The number of carbonyl (C=O) groups excluding carboxylic acids is 2. The monoisotopic (exact) mass is 310 g/mol. The van der Waals surface area contributed by atoms with Crippen molar-refractivity contribution in [1.82, 2.24) is 9.80 Å². The minimum atomic E-state index is -0.161. The summed E-state index contributed by atoms with van der Waals surface area (Å²) in [6.45, 7) is 1.41. The summed E-state index contributed by atoms with van der Waals surface area (Å²) in [5, 5.41) is 0. The molecule has 114 valence electrons. The Hall–Kier alpha value is -1.59. The second kappa shape index (κ2) is 7.43. The van der Waals surface area contributed by atoms with Crippen LogP contribution in [0.5, 0.6) is 5.75 Å². The molecule has 0 bridgehead atoms. The third-order valence-corrected chi connectivity index (χ3v) is 3.69. The van der Waals surface area contributed by atoms with Gasteiger partial charge in [-0.1, -0.05) is 18.2 Å². The summed E-state index contributed by atoms with van der Waals surface area (Å²) in [4.78, 5) is 27.2. The number of halogens is 1. The number of carbonyl (C=O) groups is 2.